The highest BCUT2D eigenvalue weighted by Gasteiger charge is 1.71. The molecule has 1 nitrogen and oxygen atoms in total. The standard InChI is InChI=1S/C9H14.CH4O/c1-8(2)6-5-7-9(3)4;1-2/h5-7H,1H2,2-4H3;2H,1H3/b6-5-;. The van der Waals surface area contributed by atoms with E-state index in [2.05, 4.69) is 26.5 Å². The minimum absolute atomic E-state index is 1.00. The Morgan fingerprint density at radius 3 is 1.91 bits per heavy atom. The highest BCUT2D eigenvalue weighted by molar-refractivity contribution is 5.18. The third-order valence-corrected chi connectivity index (χ3v) is 0.810. The highest BCUT2D eigenvalue weighted by Crippen LogP contribution is 1.92. The van der Waals surface area contributed by atoms with Crippen LogP contribution in [0.3, 0.4) is 0 Å². The number of aliphatic hydroxyl groups excluding tert-OH is 1. The third kappa shape index (κ3) is 17.6. The Kier molecular flexibility index (Phi) is 10.7. The molecule has 0 unspecified atom stereocenters. The van der Waals surface area contributed by atoms with E-state index in [0.717, 1.165) is 12.7 Å². The largest absolute Gasteiger partial charge is 0.400 e. The Hall–Kier alpha value is -0.820. The molecular formula is C10H18O. The minimum Gasteiger partial charge on any atom is -0.400 e. The van der Waals surface area contributed by atoms with Crippen molar-refractivity contribution in [1.82, 2.24) is 0 Å². The quantitative estimate of drug-likeness (QED) is 0.606. The molecule has 0 saturated carbocycles. The molecule has 0 aliphatic heterocycles. The molecule has 0 heterocycles. The average Bonchev–Trinajstić information content (AvgIpc) is 1.90. The lowest BCUT2D eigenvalue weighted by Crippen LogP contribution is -1.61. The molecule has 1 N–H and O–H groups in total. The fourth-order valence-corrected chi connectivity index (χ4v) is 0.405. The van der Waals surface area contributed by atoms with Crippen molar-refractivity contribution in [2.24, 2.45) is 0 Å². The molecule has 64 valence electrons. The number of aliphatic hydroxyl groups is 1. The summed E-state index contributed by atoms with van der Waals surface area (Å²) in [4.78, 5) is 0. The van der Waals surface area contributed by atoms with Crippen LogP contribution in [-0.4, -0.2) is 12.2 Å². The van der Waals surface area contributed by atoms with E-state index in [4.69, 9.17) is 5.11 Å². The van der Waals surface area contributed by atoms with Crippen molar-refractivity contribution in [1.29, 1.82) is 0 Å². The molecule has 0 aliphatic carbocycles. The summed E-state index contributed by atoms with van der Waals surface area (Å²) in [6, 6.07) is 0. The molecule has 11 heavy (non-hydrogen) atoms. The summed E-state index contributed by atoms with van der Waals surface area (Å²) in [5, 5.41) is 7.00. The monoisotopic (exact) mass is 154 g/mol. The van der Waals surface area contributed by atoms with Crippen LogP contribution in [0.5, 0.6) is 0 Å². The van der Waals surface area contributed by atoms with Crippen molar-refractivity contribution in [2.75, 3.05) is 7.11 Å². The van der Waals surface area contributed by atoms with E-state index in [9.17, 15) is 0 Å². The number of rotatable bonds is 2. The first-order valence-corrected chi connectivity index (χ1v) is 3.54. The van der Waals surface area contributed by atoms with Crippen LogP contribution in [0.4, 0.5) is 0 Å². The summed E-state index contributed by atoms with van der Waals surface area (Å²) < 4.78 is 0. The molecule has 0 amide bonds. The summed E-state index contributed by atoms with van der Waals surface area (Å²) in [5.74, 6) is 0. The molecule has 0 bridgehead atoms. The second-order valence-corrected chi connectivity index (χ2v) is 2.45. The highest BCUT2D eigenvalue weighted by atomic mass is 16.2. The van der Waals surface area contributed by atoms with E-state index in [1.807, 2.05) is 19.1 Å². The van der Waals surface area contributed by atoms with Crippen LogP contribution in [0.25, 0.3) is 0 Å². The van der Waals surface area contributed by atoms with Crippen LogP contribution >= 0.6 is 0 Å². The molecule has 0 fully saturated rings. The van der Waals surface area contributed by atoms with E-state index in [1.54, 1.807) is 0 Å². The van der Waals surface area contributed by atoms with Gasteiger partial charge < -0.3 is 5.11 Å². The lowest BCUT2D eigenvalue weighted by Gasteiger charge is -1.83. The van der Waals surface area contributed by atoms with Gasteiger partial charge in [0.25, 0.3) is 0 Å². The maximum atomic E-state index is 7.00. The molecule has 0 radical (unpaired) electrons. The SMILES string of the molecule is C=C(C)/C=C\C=C(C)C.CO. The normalized spacial score (nSPS) is 8.45. The lowest BCUT2D eigenvalue weighted by molar-refractivity contribution is 0.399. The van der Waals surface area contributed by atoms with Gasteiger partial charge in [0, 0.05) is 7.11 Å². The average molecular weight is 154 g/mol. The molecule has 0 aromatic heterocycles. The number of hydrogen-bond donors (Lipinski definition) is 1. The first-order chi connectivity index (χ1) is 5.13. The number of allylic oxidation sites excluding steroid dienone is 5. The van der Waals surface area contributed by atoms with Crippen molar-refractivity contribution >= 4 is 0 Å². The van der Waals surface area contributed by atoms with Crippen molar-refractivity contribution in [3.8, 4) is 0 Å². The Labute approximate surface area is 69.8 Å². The van der Waals surface area contributed by atoms with Gasteiger partial charge >= 0.3 is 0 Å². The zero-order valence-electron chi connectivity index (χ0n) is 7.89. The van der Waals surface area contributed by atoms with Crippen LogP contribution in [0.2, 0.25) is 0 Å². The van der Waals surface area contributed by atoms with Gasteiger partial charge in [-0.2, -0.15) is 0 Å². The molecule has 0 aromatic rings. The van der Waals surface area contributed by atoms with Crippen molar-refractivity contribution in [3.63, 3.8) is 0 Å². The maximum absolute atomic E-state index is 7.00. The fourth-order valence-electron chi connectivity index (χ4n) is 0.405. The molecule has 0 spiro atoms. The topological polar surface area (TPSA) is 20.2 Å². The van der Waals surface area contributed by atoms with E-state index in [1.165, 1.54) is 5.57 Å². The summed E-state index contributed by atoms with van der Waals surface area (Å²) >= 11 is 0. The molecule has 0 atom stereocenters. The molecule has 0 aliphatic rings. The zero-order chi connectivity index (χ0) is 9.28. The van der Waals surface area contributed by atoms with Crippen LogP contribution in [-0.2, 0) is 0 Å². The predicted molar refractivity (Wildman–Crippen MR) is 51.5 cm³/mol. The van der Waals surface area contributed by atoms with E-state index < -0.39 is 0 Å². The van der Waals surface area contributed by atoms with Crippen molar-refractivity contribution in [2.45, 2.75) is 20.8 Å². The van der Waals surface area contributed by atoms with E-state index >= 15 is 0 Å². The molecule has 0 aromatic carbocycles. The second-order valence-electron chi connectivity index (χ2n) is 2.45. The molecule has 0 saturated heterocycles. The predicted octanol–water partition coefficient (Wildman–Crippen LogP) is 2.69. The van der Waals surface area contributed by atoms with Gasteiger partial charge in [0.05, 0.1) is 0 Å². The third-order valence-electron chi connectivity index (χ3n) is 0.810. The minimum atomic E-state index is 1.00. The molecule has 1 heteroatoms. The van der Waals surface area contributed by atoms with Gasteiger partial charge in [-0.25, -0.2) is 0 Å². The van der Waals surface area contributed by atoms with Crippen molar-refractivity contribution < 1.29 is 5.11 Å². The maximum Gasteiger partial charge on any atom is 0.0319 e. The van der Waals surface area contributed by atoms with Gasteiger partial charge in [0.1, 0.15) is 0 Å². The van der Waals surface area contributed by atoms with E-state index in [-0.39, 0.29) is 0 Å². The van der Waals surface area contributed by atoms with Gasteiger partial charge in [-0.1, -0.05) is 36.0 Å². The first kappa shape index (κ1) is 12.8. The van der Waals surface area contributed by atoms with Gasteiger partial charge in [-0.05, 0) is 20.8 Å². The van der Waals surface area contributed by atoms with Crippen LogP contribution in [0.1, 0.15) is 20.8 Å². The van der Waals surface area contributed by atoms with Crippen LogP contribution < -0.4 is 0 Å². The molecular weight excluding hydrogens is 136 g/mol. The van der Waals surface area contributed by atoms with Crippen LogP contribution in [0, 0.1) is 0 Å². The Balaban J connectivity index is 0. The summed E-state index contributed by atoms with van der Waals surface area (Å²) in [6.45, 7) is 9.86. The molecule has 0 rings (SSSR count). The smallest absolute Gasteiger partial charge is 0.0319 e. The summed E-state index contributed by atoms with van der Waals surface area (Å²) in [6.07, 6.45) is 6.07. The van der Waals surface area contributed by atoms with Crippen LogP contribution in [0.15, 0.2) is 36.0 Å². The number of hydrogen-bond acceptors (Lipinski definition) is 1. The van der Waals surface area contributed by atoms with E-state index in [0.29, 0.717) is 0 Å². The first-order valence-electron chi connectivity index (χ1n) is 3.54. The summed E-state index contributed by atoms with van der Waals surface area (Å²) in [5.41, 5.74) is 2.40. The Bertz CT molecular complexity index is 148. The Morgan fingerprint density at radius 1 is 1.18 bits per heavy atom. The van der Waals surface area contributed by atoms with Gasteiger partial charge in [-0.3, -0.25) is 0 Å². The van der Waals surface area contributed by atoms with Gasteiger partial charge in [0.15, 0.2) is 0 Å². The Morgan fingerprint density at radius 2 is 1.64 bits per heavy atom. The lowest BCUT2D eigenvalue weighted by atomic mass is 10.2. The van der Waals surface area contributed by atoms with Crippen molar-refractivity contribution in [3.05, 3.63) is 36.0 Å². The van der Waals surface area contributed by atoms with Gasteiger partial charge in [0.2, 0.25) is 0 Å². The summed E-state index contributed by atoms with van der Waals surface area (Å²) in [7, 11) is 1.00. The second kappa shape index (κ2) is 9.18. The van der Waals surface area contributed by atoms with Gasteiger partial charge in [-0.15, -0.1) is 0 Å². The fraction of sp³-hybridized carbons (Fsp3) is 0.400. The zero-order valence-corrected chi connectivity index (χ0v) is 7.89.